The van der Waals surface area contributed by atoms with Gasteiger partial charge in [-0.25, -0.2) is 4.79 Å². The van der Waals surface area contributed by atoms with Crippen LogP contribution in [-0.4, -0.2) is 12.7 Å². The van der Waals surface area contributed by atoms with Crippen LogP contribution in [0.25, 0.3) is 0 Å². The van der Waals surface area contributed by atoms with E-state index >= 15 is 0 Å². The maximum Gasteiger partial charge on any atom is 0.411 e. The third-order valence-electron chi connectivity index (χ3n) is 2.65. The number of amides is 1. The van der Waals surface area contributed by atoms with Crippen LogP contribution < -0.4 is 10.1 Å². The number of anilines is 1. The highest BCUT2D eigenvalue weighted by Crippen LogP contribution is 2.19. The molecule has 0 saturated carbocycles. The quantitative estimate of drug-likeness (QED) is 0.858. The lowest BCUT2D eigenvalue weighted by atomic mass is 10.2. The number of hydrogen-bond donors (Lipinski definition) is 1. The molecule has 0 radical (unpaired) electrons. The second-order valence-corrected chi connectivity index (χ2v) is 5.21. The molecule has 0 atom stereocenters. The number of hydrogen-bond acceptors (Lipinski definition) is 3. The highest BCUT2D eigenvalue weighted by molar-refractivity contribution is 9.10. The maximum atomic E-state index is 11.4. The third-order valence-corrected chi connectivity index (χ3v) is 3.14. The van der Waals surface area contributed by atoms with Gasteiger partial charge in [-0.15, -0.1) is 0 Å². The van der Waals surface area contributed by atoms with Gasteiger partial charge in [0.25, 0.3) is 0 Å². The van der Waals surface area contributed by atoms with Gasteiger partial charge in [0, 0.05) is 16.2 Å². The van der Waals surface area contributed by atoms with Crippen molar-refractivity contribution in [3.05, 3.63) is 58.6 Å². The molecule has 0 bridgehead atoms. The average molecular weight is 350 g/mol. The molecule has 2 aromatic carbocycles. The van der Waals surface area contributed by atoms with Crippen LogP contribution in [0.15, 0.2) is 53.0 Å². The monoisotopic (exact) mass is 349 g/mol. The summed E-state index contributed by atoms with van der Waals surface area (Å²) in [4.78, 5) is 11.4. The van der Waals surface area contributed by atoms with Crippen molar-refractivity contribution in [3.8, 4) is 5.75 Å². The number of carbonyl (C=O) groups excluding carboxylic acids is 1. The van der Waals surface area contributed by atoms with Gasteiger partial charge in [-0.3, -0.25) is 5.32 Å². The topological polar surface area (TPSA) is 47.6 Å². The fourth-order valence-corrected chi connectivity index (χ4v) is 2.19. The molecule has 4 nitrogen and oxygen atoms in total. The van der Waals surface area contributed by atoms with E-state index in [1.807, 2.05) is 36.4 Å². The summed E-state index contributed by atoms with van der Waals surface area (Å²) in [5.74, 6) is 0.685. The summed E-state index contributed by atoms with van der Waals surface area (Å²) in [6.45, 7) is 2.56. The van der Waals surface area contributed by atoms with Gasteiger partial charge in [-0.05, 0) is 36.8 Å². The molecule has 2 aromatic rings. The minimum absolute atomic E-state index is 0.338. The predicted octanol–water partition coefficient (Wildman–Crippen LogP) is 4.60. The second kappa shape index (κ2) is 7.69. The molecule has 0 unspecified atom stereocenters. The van der Waals surface area contributed by atoms with E-state index < -0.39 is 6.09 Å². The first-order valence-corrected chi connectivity index (χ1v) is 7.38. The van der Waals surface area contributed by atoms with Gasteiger partial charge in [0.1, 0.15) is 12.4 Å². The van der Waals surface area contributed by atoms with Crippen molar-refractivity contribution < 1.29 is 14.3 Å². The molecule has 21 heavy (non-hydrogen) atoms. The van der Waals surface area contributed by atoms with Crippen LogP contribution in [0.2, 0.25) is 0 Å². The summed E-state index contributed by atoms with van der Waals surface area (Å²) in [6, 6.07) is 15.1. The van der Waals surface area contributed by atoms with Crippen LogP contribution in [-0.2, 0) is 11.3 Å². The Hall–Kier alpha value is -2.01. The van der Waals surface area contributed by atoms with Gasteiger partial charge in [-0.2, -0.15) is 0 Å². The van der Waals surface area contributed by atoms with E-state index in [9.17, 15) is 4.79 Å². The molecule has 0 fully saturated rings. The fraction of sp³-hybridized carbons (Fsp3) is 0.188. The molecule has 5 heteroatoms. The maximum absolute atomic E-state index is 11.4. The van der Waals surface area contributed by atoms with Crippen molar-refractivity contribution in [1.82, 2.24) is 0 Å². The van der Waals surface area contributed by atoms with E-state index in [1.54, 1.807) is 19.1 Å². The van der Waals surface area contributed by atoms with Gasteiger partial charge in [0.2, 0.25) is 0 Å². The molecular weight excluding hydrogens is 334 g/mol. The smallest absolute Gasteiger partial charge is 0.411 e. The molecular formula is C16H16BrNO3. The minimum Gasteiger partial charge on any atom is -0.489 e. The molecule has 1 N–H and O–H groups in total. The molecule has 1 amide bonds. The standard InChI is InChI=1S/C16H16BrNO3/c1-2-20-16(19)18-14-7-4-8-15(10-14)21-11-12-5-3-6-13(17)9-12/h3-10H,2,11H2,1H3,(H,18,19). The summed E-state index contributed by atoms with van der Waals surface area (Å²) in [7, 11) is 0. The van der Waals surface area contributed by atoms with E-state index in [-0.39, 0.29) is 0 Å². The Kier molecular flexibility index (Phi) is 5.63. The second-order valence-electron chi connectivity index (χ2n) is 4.29. The van der Waals surface area contributed by atoms with Crippen molar-refractivity contribution in [2.75, 3.05) is 11.9 Å². The zero-order chi connectivity index (χ0) is 15.1. The molecule has 0 aromatic heterocycles. The third kappa shape index (κ3) is 5.11. The molecule has 0 aliphatic heterocycles. The summed E-state index contributed by atoms with van der Waals surface area (Å²) >= 11 is 3.42. The summed E-state index contributed by atoms with van der Waals surface area (Å²) in [5.41, 5.74) is 1.70. The highest BCUT2D eigenvalue weighted by atomic mass is 79.9. The van der Waals surface area contributed by atoms with Gasteiger partial charge >= 0.3 is 6.09 Å². The van der Waals surface area contributed by atoms with Crippen LogP contribution in [0.4, 0.5) is 10.5 Å². The number of carbonyl (C=O) groups is 1. The first kappa shape index (κ1) is 15.4. The number of benzene rings is 2. The molecule has 0 aliphatic carbocycles. The number of ether oxygens (including phenoxy) is 2. The van der Waals surface area contributed by atoms with Crippen LogP contribution in [0.1, 0.15) is 12.5 Å². The number of nitrogens with one attached hydrogen (secondary N) is 1. The Morgan fingerprint density at radius 2 is 2.00 bits per heavy atom. The van der Waals surface area contributed by atoms with Crippen molar-refractivity contribution in [2.24, 2.45) is 0 Å². The van der Waals surface area contributed by atoms with Crippen molar-refractivity contribution >= 4 is 27.7 Å². The van der Waals surface area contributed by atoms with Crippen molar-refractivity contribution in [1.29, 1.82) is 0 Å². The first-order chi connectivity index (χ1) is 10.2. The number of rotatable bonds is 5. The Balaban J connectivity index is 1.96. The van der Waals surface area contributed by atoms with Crippen LogP contribution >= 0.6 is 15.9 Å². The predicted molar refractivity (Wildman–Crippen MR) is 85.6 cm³/mol. The molecule has 110 valence electrons. The fourth-order valence-electron chi connectivity index (χ4n) is 1.74. The molecule has 2 rings (SSSR count). The van der Waals surface area contributed by atoms with Gasteiger partial charge in [0.15, 0.2) is 0 Å². The largest absolute Gasteiger partial charge is 0.489 e. The van der Waals surface area contributed by atoms with Crippen molar-refractivity contribution in [2.45, 2.75) is 13.5 Å². The molecule has 0 heterocycles. The highest BCUT2D eigenvalue weighted by Gasteiger charge is 2.03. The average Bonchev–Trinajstić information content (AvgIpc) is 2.46. The van der Waals surface area contributed by atoms with E-state index in [4.69, 9.17) is 9.47 Å². The van der Waals surface area contributed by atoms with Crippen LogP contribution in [0, 0.1) is 0 Å². The lowest BCUT2D eigenvalue weighted by molar-refractivity contribution is 0.168. The van der Waals surface area contributed by atoms with E-state index in [0.717, 1.165) is 10.0 Å². The number of halogens is 1. The van der Waals surface area contributed by atoms with Crippen LogP contribution in [0.5, 0.6) is 5.75 Å². The van der Waals surface area contributed by atoms with Crippen molar-refractivity contribution in [3.63, 3.8) is 0 Å². The summed E-state index contributed by atoms with van der Waals surface area (Å²) in [6.07, 6.45) is -0.471. The Bertz CT molecular complexity index is 616. The van der Waals surface area contributed by atoms with E-state index in [2.05, 4.69) is 21.2 Å². The van der Waals surface area contributed by atoms with Gasteiger partial charge < -0.3 is 9.47 Å². The lowest BCUT2D eigenvalue weighted by Gasteiger charge is -2.09. The van der Waals surface area contributed by atoms with E-state index in [0.29, 0.717) is 24.7 Å². The lowest BCUT2D eigenvalue weighted by Crippen LogP contribution is -2.13. The minimum atomic E-state index is -0.471. The zero-order valence-electron chi connectivity index (χ0n) is 11.6. The van der Waals surface area contributed by atoms with Gasteiger partial charge in [0.05, 0.1) is 6.61 Å². The Morgan fingerprint density at radius 3 is 2.76 bits per heavy atom. The molecule has 0 saturated heterocycles. The SMILES string of the molecule is CCOC(=O)Nc1cccc(OCc2cccc(Br)c2)c1. The molecule has 0 spiro atoms. The van der Waals surface area contributed by atoms with Crippen LogP contribution in [0.3, 0.4) is 0 Å². The molecule has 0 aliphatic rings. The summed E-state index contributed by atoms with van der Waals surface area (Å²) in [5, 5.41) is 2.64. The Labute approximate surface area is 132 Å². The van der Waals surface area contributed by atoms with Gasteiger partial charge in [-0.1, -0.05) is 34.1 Å². The first-order valence-electron chi connectivity index (χ1n) is 6.58. The summed E-state index contributed by atoms with van der Waals surface area (Å²) < 4.78 is 11.6. The normalized spacial score (nSPS) is 10.0. The Morgan fingerprint density at radius 1 is 1.19 bits per heavy atom. The zero-order valence-corrected chi connectivity index (χ0v) is 13.2. The van der Waals surface area contributed by atoms with E-state index in [1.165, 1.54) is 0 Å².